The van der Waals surface area contributed by atoms with Crippen LogP contribution in [-0.4, -0.2) is 37.7 Å². The normalized spacial score (nSPS) is 15.8. The summed E-state index contributed by atoms with van der Waals surface area (Å²) in [6.07, 6.45) is 5.15. The van der Waals surface area contributed by atoms with Crippen molar-refractivity contribution in [3.05, 3.63) is 29.7 Å². The molecule has 2 aromatic rings. The van der Waals surface area contributed by atoms with Gasteiger partial charge < -0.3 is 11.1 Å². The first-order valence-electron chi connectivity index (χ1n) is 6.87. The number of rotatable bonds is 4. The number of nitrogens with two attached hydrogens (primary N) is 1. The number of nitrogens with zero attached hydrogens (tertiary/aromatic N) is 5. The van der Waals surface area contributed by atoms with E-state index < -0.39 is 0 Å². The van der Waals surface area contributed by atoms with Crippen LogP contribution in [0.5, 0.6) is 0 Å². The van der Waals surface area contributed by atoms with Gasteiger partial charge in [0.25, 0.3) is 5.91 Å². The minimum Gasteiger partial charge on any atom is -0.354 e. The van der Waals surface area contributed by atoms with Crippen molar-refractivity contribution in [3.63, 3.8) is 0 Å². The van der Waals surface area contributed by atoms with E-state index in [0.29, 0.717) is 17.6 Å². The highest BCUT2D eigenvalue weighted by molar-refractivity contribution is 5.91. The fraction of sp³-hybridized carbons (Fsp3) is 0.462. The Hall–Kier alpha value is -2.35. The standard InChI is InChI=1S/C13H17N7O/c1-7(14)12-18-11(8-3-4-8)19-20(12)10-6-16-9(5-17-10)13(21)15-2/h5-8H,3-4,14H2,1-2H3,(H,15,21)/t7-/m0/s1. The van der Waals surface area contributed by atoms with Gasteiger partial charge in [0.2, 0.25) is 0 Å². The summed E-state index contributed by atoms with van der Waals surface area (Å²) in [6.45, 7) is 1.85. The minimum absolute atomic E-state index is 0.256. The maximum Gasteiger partial charge on any atom is 0.271 e. The number of nitrogens with one attached hydrogen (secondary N) is 1. The van der Waals surface area contributed by atoms with Gasteiger partial charge in [-0.15, -0.1) is 5.10 Å². The molecule has 1 atom stereocenters. The van der Waals surface area contributed by atoms with E-state index in [-0.39, 0.29) is 17.6 Å². The molecule has 8 nitrogen and oxygen atoms in total. The Morgan fingerprint density at radius 3 is 2.71 bits per heavy atom. The summed E-state index contributed by atoms with van der Waals surface area (Å²) in [7, 11) is 1.55. The Bertz CT molecular complexity index is 658. The smallest absolute Gasteiger partial charge is 0.271 e. The van der Waals surface area contributed by atoms with Crippen molar-refractivity contribution in [2.24, 2.45) is 5.73 Å². The molecular formula is C13H17N7O. The fourth-order valence-electron chi connectivity index (χ4n) is 1.99. The molecule has 0 radical (unpaired) electrons. The minimum atomic E-state index is -0.279. The molecule has 0 aromatic carbocycles. The van der Waals surface area contributed by atoms with Crippen LogP contribution in [0.2, 0.25) is 0 Å². The number of carbonyl (C=O) groups excluding carboxylic acids is 1. The van der Waals surface area contributed by atoms with Crippen molar-refractivity contribution in [2.75, 3.05) is 7.05 Å². The summed E-state index contributed by atoms with van der Waals surface area (Å²) >= 11 is 0. The highest BCUT2D eigenvalue weighted by Crippen LogP contribution is 2.38. The van der Waals surface area contributed by atoms with Crippen molar-refractivity contribution < 1.29 is 4.79 Å². The highest BCUT2D eigenvalue weighted by Gasteiger charge is 2.30. The predicted octanol–water partition coefficient (Wildman–Crippen LogP) is 0.314. The molecule has 0 aliphatic heterocycles. The third kappa shape index (κ3) is 2.62. The average Bonchev–Trinajstić information content (AvgIpc) is 3.25. The SMILES string of the molecule is CNC(=O)c1cnc(-n2nc(C3CC3)nc2[C@H](C)N)cn1. The lowest BCUT2D eigenvalue weighted by Crippen LogP contribution is -2.20. The molecule has 2 aromatic heterocycles. The van der Waals surface area contributed by atoms with E-state index >= 15 is 0 Å². The Labute approximate surface area is 121 Å². The quantitative estimate of drug-likeness (QED) is 0.837. The Morgan fingerprint density at radius 2 is 2.19 bits per heavy atom. The zero-order valence-electron chi connectivity index (χ0n) is 11.9. The van der Waals surface area contributed by atoms with Gasteiger partial charge in [-0.25, -0.2) is 15.0 Å². The summed E-state index contributed by atoms with van der Waals surface area (Å²) in [4.78, 5) is 24.3. The van der Waals surface area contributed by atoms with Gasteiger partial charge >= 0.3 is 0 Å². The van der Waals surface area contributed by atoms with Crippen molar-refractivity contribution >= 4 is 5.91 Å². The maximum atomic E-state index is 11.5. The molecule has 0 saturated heterocycles. The van der Waals surface area contributed by atoms with Crippen molar-refractivity contribution in [1.29, 1.82) is 0 Å². The van der Waals surface area contributed by atoms with Crippen LogP contribution >= 0.6 is 0 Å². The molecule has 1 amide bonds. The summed E-state index contributed by atoms with van der Waals surface area (Å²) in [5.41, 5.74) is 6.21. The molecule has 1 aliphatic carbocycles. The third-order valence-corrected chi connectivity index (χ3v) is 3.31. The first-order chi connectivity index (χ1) is 10.1. The summed E-state index contributed by atoms with van der Waals surface area (Å²) in [6, 6.07) is -0.259. The van der Waals surface area contributed by atoms with Gasteiger partial charge in [0.15, 0.2) is 17.5 Å². The van der Waals surface area contributed by atoms with E-state index in [0.717, 1.165) is 18.7 Å². The highest BCUT2D eigenvalue weighted by atomic mass is 16.1. The second kappa shape index (κ2) is 5.21. The molecule has 0 spiro atoms. The average molecular weight is 287 g/mol. The lowest BCUT2D eigenvalue weighted by molar-refractivity contribution is 0.0958. The van der Waals surface area contributed by atoms with Crippen LogP contribution in [0.25, 0.3) is 5.82 Å². The van der Waals surface area contributed by atoms with Gasteiger partial charge in [-0.05, 0) is 19.8 Å². The van der Waals surface area contributed by atoms with Gasteiger partial charge in [-0.3, -0.25) is 4.79 Å². The van der Waals surface area contributed by atoms with Crippen LogP contribution in [0, 0.1) is 0 Å². The lowest BCUT2D eigenvalue weighted by Gasteiger charge is -2.07. The van der Waals surface area contributed by atoms with E-state index in [4.69, 9.17) is 5.73 Å². The van der Waals surface area contributed by atoms with Crippen LogP contribution in [0.15, 0.2) is 12.4 Å². The lowest BCUT2D eigenvalue weighted by atomic mass is 10.3. The second-order valence-corrected chi connectivity index (χ2v) is 5.14. The van der Waals surface area contributed by atoms with Crippen LogP contribution in [0.1, 0.15) is 53.9 Å². The van der Waals surface area contributed by atoms with E-state index in [1.165, 1.54) is 12.4 Å². The monoisotopic (exact) mass is 287 g/mol. The summed E-state index contributed by atoms with van der Waals surface area (Å²) < 4.78 is 1.61. The zero-order chi connectivity index (χ0) is 15.0. The number of hydrogen-bond acceptors (Lipinski definition) is 6. The van der Waals surface area contributed by atoms with Gasteiger partial charge in [0.1, 0.15) is 5.69 Å². The topological polar surface area (TPSA) is 112 Å². The number of amides is 1. The van der Waals surface area contributed by atoms with Gasteiger partial charge in [-0.1, -0.05) is 0 Å². The number of aromatic nitrogens is 5. The zero-order valence-corrected chi connectivity index (χ0v) is 11.9. The molecule has 2 heterocycles. The van der Waals surface area contributed by atoms with Crippen molar-refractivity contribution in [2.45, 2.75) is 31.7 Å². The molecule has 3 N–H and O–H groups in total. The number of hydrogen-bond donors (Lipinski definition) is 2. The molecule has 110 valence electrons. The van der Waals surface area contributed by atoms with Crippen molar-refractivity contribution in [1.82, 2.24) is 30.0 Å². The molecule has 1 fully saturated rings. The molecule has 1 saturated carbocycles. The third-order valence-electron chi connectivity index (χ3n) is 3.31. The largest absolute Gasteiger partial charge is 0.354 e. The van der Waals surface area contributed by atoms with Crippen LogP contribution < -0.4 is 11.1 Å². The molecule has 3 rings (SSSR count). The fourth-order valence-corrected chi connectivity index (χ4v) is 1.99. The van der Waals surface area contributed by atoms with Crippen molar-refractivity contribution in [3.8, 4) is 5.82 Å². The van der Waals surface area contributed by atoms with Gasteiger partial charge in [-0.2, -0.15) is 4.68 Å². The Kier molecular flexibility index (Phi) is 3.38. The van der Waals surface area contributed by atoms with E-state index in [1.807, 2.05) is 6.92 Å². The van der Waals surface area contributed by atoms with E-state index in [1.54, 1.807) is 11.7 Å². The van der Waals surface area contributed by atoms with Crippen LogP contribution in [-0.2, 0) is 0 Å². The maximum absolute atomic E-state index is 11.5. The predicted molar refractivity (Wildman–Crippen MR) is 74.9 cm³/mol. The molecular weight excluding hydrogens is 270 g/mol. The Morgan fingerprint density at radius 1 is 1.43 bits per heavy atom. The summed E-state index contributed by atoms with van der Waals surface area (Å²) in [5, 5.41) is 6.98. The summed E-state index contributed by atoms with van der Waals surface area (Å²) in [5.74, 6) is 2.12. The second-order valence-electron chi connectivity index (χ2n) is 5.14. The molecule has 1 aliphatic rings. The Balaban J connectivity index is 1.97. The number of carbonyl (C=O) groups is 1. The van der Waals surface area contributed by atoms with Gasteiger partial charge in [0, 0.05) is 13.0 Å². The molecule has 0 unspecified atom stereocenters. The molecule has 8 heteroatoms. The van der Waals surface area contributed by atoms with E-state index in [2.05, 4.69) is 25.4 Å². The van der Waals surface area contributed by atoms with Gasteiger partial charge in [0.05, 0.1) is 18.4 Å². The molecule has 21 heavy (non-hydrogen) atoms. The molecule has 0 bridgehead atoms. The first kappa shape index (κ1) is 13.6. The van der Waals surface area contributed by atoms with Crippen LogP contribution in [0.4, 0.5) is 0 Å². The van der Waals surface area contributed by atoms with E-state index in [9.17, 15) is 4.79 Å². The van der Waals surface area contributed by atoms with Crippen LogP contribution in [0.3, 0.4) is 0 Å². The first-order valence-corrected chi connectivity index (χ1v) is 6.87.